The van der Waals surface area contributed by atoms with Gasteiger partial charge in [0.05, 0.1) is 6.10 Å². The van der Waals surface area contributed by atoms with Crippen LogP contribution in [-0.2, 0) is 16.1 Å². The average molecular weight is 319 g/mol. The number of pyridine rings is 1. The van der Waals surface area contributed by atoms with E-state index >= 15 is 0 Å². The zero-order valence-corrected chi connectivity index (χ0v) is 14.0. The van der Waals surface area contributed by atoms with Crippen LogP contribution in [0.2, 0.25) is 0 Å². The first kappa shape index (κ1) is 17.2. The Hall–Kier alpha value is -2.11. The predicted octanol–water partition coefficient (Wildman–Crippen LogP) is 1.65. The number of aromatic nitrogens is 1. The number of carbonyl (C=O) groups is 2. The van der Waals surface area contributed by atoms with Crippen molar-refractivity contribution in [3.8, 4) is 5.88 Å². The SMILES string of the molecule is CC(C)Oc1ccc(CNC(=O)CCNC(=O)[C@H]2C[C@@H]2C)cn1. The zero-order chi connectivity index (χ0) is 16.8. The molecule has 2 atom stereocenters. The van der Waals surface area contributed by atoms with Gasteiger partial charge in [-0.15, -0.1) is 0 Å². The second kappa shape index (κ2) is 7.94. The first-order chi connectivity index (χ1) is 11.0. The standard InChI is InChI=1S/C17H25N3O3/c1-11(2)23-16-5-4-13(10-20-16)9-19-15(21)6-7-18-17(22)14-8-12(14)3/h4-5,10-12,14H,6-9H2,1-3H3,(H,18,22)(H,19,21)/t12-,14-/m0/s1. The lowest BCUT2D eigenvalue weighted by Crippen LogP contribution is -2.31. The normalized spacial score (nSPS) is 19.3. The average Bonchev–Trinajstić information content (AvgIpc) is 3.23. The Morgan fingerprint density at radius 2 is 2.09 bits per heavy atom. The molecule has 6 nitrogen and oxygen atoms in total. The summed E-state index contributed by atoms with van der Waals surface area (Å²) in [5, 5.41) is 5.62. The van der Waals surface area contributed by atoms with E-state index in [0.29, 0.717) is 24.9 Å². The summed E-state index contributed by atoms with van der Waals surface area (Å²) in [6.45, 7) is 6.74. The lowest BCUT2D eigenvalue weighted by molar-refractivity contribution is -0.123. The van der Waals surface area contributed by atoms with Crippen LogP contribution in [0, 0.1) is 11.8 Å². The quantitative estimate of drug-likeness (QED) is 0.763. The molecular formula is C17H25N3O3. The summed E-state index contributed by atoms with van der Waals surface area (Å²) in [6, 6.07) is 3.67. The number of ether oxygens (including phenoxy) is 1. The smallest absolute Gasteiger partial charge is 0.223 e. The fourth-order valence-corrected chi connectivity index (χ4v) is 2.23. The third-order valence-corrected chi connectivity index (χ3v) is 3.74. The van der Waals surface area contributed by atoms with Gasteiger partial charge in [-0.25, -0.2) is 4.98 Å². The maximum atomic E-state index is 11.8. The van der Waals surface area contributed by atoms with Gasteiger partial charge in [-0.1, -0.05) is 13.0 Å². The van der Waals surface area contributed by atoms with Crippen LogP contribution in [0.4, 0.5) is 0 Å². The largest absolute Gasteiger partial charge is 0.475 e. The van der Waals surface area contributed by atoms with E-state index in [4.69, 9.17) is 4.74 Å². The second-order valence-corrected chi connectivity index (χ2v) is 6.31. The van der Waals surface area contributed by atoms with Crippen LogP contribution in [0.3, 0.4) is 0 Å². The van der Waals surface area contributed by atoms with Gasteiger partial charge in [0.25, 0.3) is 0 Å². The Morgan fingerprint density at radius 3 is 2.65 bits per heavy atom. The molecule has 2 N–H and O–H groups in total. The van der Waals surface area contributed by atoms with Crippen molar-refractivity contribution in [1.29, 1.82) is 0 Å². The number of amides is 2. The van der Waals surface area contributed by atoms with Gasteiger partial charge in [0.2, 0.25) is 17.7 Å². The van der Waals surface area contributed by atoms with Crippen molar-refractivity contribution >= 4 is 11.8 Å². The minimum absolute atomic E-state index is 0.0650. The van der Waals surface area contributed by atoms with Gasteiger partial charge in [0.1, 0.15) is 0 Å². The van der Waals surface area contributed by atoms with Crippen LogP contribution in [-0.4, -0.2) is 29.4 Å². The molecular weight excluding hydrogens is 294 g/mol. The molecule has 1 aromatic heterocycles. The number of carbonyl (C=O) groups excluding carboxylic acids is 2. The van der Waals surface area contributed by atoms with E-state index in [9.17, 15) is 9.59 Å². The van der Waals surface area contributed by atoms with Crippen molar-refractivity contribution in [2.24, 2.45) is 11.8 Å². The van der Waals surface area contributed by atoms with Crippen LogP contribution >= 0.6 is 0 Å². The molecule has 126 valence electrons. The topological polar surface area (TPSA) is 80.3 Å². The molecule has 1 aromatic rings. The van der Waals surface area contributed by atoms with Gasteiger partial charge in [-0.3, -0.25) is 9.59 Å². The van der Waals surface area contributed by atoms with Crippen molar-refractivity contribution < 1.29 is 14.3 Å². The summed E-state index contributed by atoms with van der Waals surface area (Å²) in [5.41, 5.74) is 0.908. The molecule has 0 spiro atoms. The van der Waals surface area contributed by atoms with Crippen molar-refractivity contribution in [3.63, 3.8) is 0 Å². The minimum Gasteiger partial charge on any atom is -0.475 e. The fraction of sp³-hybridized carbons (Fsp3) is 0.588. The highest BCUT2D eigenvalue weighted by atomic mass is 16.5. The Labute approximate surface area is 137 Å². The molecule has 1 heterocycles. The molecule has 0 saturated heterocycles. The third-order valence-electron chi connectivity index (χ3n) is 3.74. The van der Waals surface area contributed by atoms with E-state index in [1.54, 1.807) is 12.3 Å². The minimum atomic E-state index is -0.0864. The van der Waals surface area contributed by atoms with Crippen LogP contribution in [0.5, 0.6) is 5.88 Å². The summed E-state index contributed by atoms with van der Waals surface area (Å²) >= 11 is 0. The first-order valence-electron chi connectivity index (χ1n) is 8.11. The molecule has 2 amide bonds. The van der Waals surface area contributed by atoms with Crippen LogP contribution in [0.25, 0.3) is 0 Å². The van der Waals surface area contributed by atoms with Gasteiger partial charge < -0.3 is 15.4 Å². The summed E-state index contributed by atoms with van der Waals surface area (Å²) in [7, 11) is 0. The van der Waals surface area contributed by atoms with Crippen molar-refractivity contribution in [3.05, 3.63) is 23.9 Å². The molecule has 6 heteroatoms. The highest BCUT2D eigenvalue weighted by Crippen LogP contribution is 2.37. The van der Waals surface area contributed by atoms with E-state index in [2.05, 4.69) is 22.5 Å². The summed E-state index contributed by atoms with van der Waals surface area (Å²) in [6.07, 6.45) is 3.02. The summed E-state index contributed by atoms with van der Waals surface area (Å²) < 4.78 is 5.46. The molecule has 0 aromatic carbocycles. The van der Waals surface area contributed by atoms with Crippen LogP contribution < -0.4 is 15.4 Å². The van der Waals surface area contributed by atoms with E-state index in [1.807, 2.05) is 19.9 Å². The first-order valence-corrected chi connectivity index (χ1v) is 8.11. The van der Waals surface area contributed by atoms with Crippen molar-refractivity contribution in [2.75, 3.05) is 6.54 Å². The van der Waals surface area contributed by atoms with E-state index in [1.165, 1.54) is 0 Å². The fourth-order valence-electron chi connectivity index (χ4n) is 2.23. The predicted molar refractivity (Wildman–Crippen MR) is 86.7 cm³/mol. The number of nitrogens with zero attached hydrogens (tertiary/aromatic N) is 1. The van der Waals surface area contributed by atoms with Gasteiger partial charge in [-0.05, 0) is 31.7 Å². The number of hydrogen-bond donors (Lipinski definition) is 2. The molecule has 1 aliphatic carbocycles. The summed E-state index contributed by atoms with van der Waals surface area (Å²) in [4.78, 5) is 27.6. The highest BCUT2D eigenvalue weighted by molar-refractivity contribution is 5.82. The van der Waals surface area contributed by atoms with Crippen molar-refractivity contribution in [2.45, 2.75) is 46.3 Å². The third kappa shape index (κ3) is 5.88. The van der Waals surface area contributed by atoms with Gasteiger partial charge in [0, 0.05) is 37.7 Å². The van der Waals surface area contributed by atoms with E-state index in [-0.39, 0.29) is 30.3 Å². The Kier molecular flexibility index (Phi) is 5.96. The number of rotatable bonds is 8. The van der Waals surface area contributed by atoms with Crippen LogP contribution in [0.1, 0.15) is 39.2 Å². The molecule has 1 fully saturated rings. The number of hydrogen-bond acceptors (Lipinski definition) is 4. The maximum absolute atomic E-state index is 11.8. The van der Waals surface area contributed by atoms with Gasteiger partial charge in [0.15, 0.2) is 0 Å². The van der Waals surface area contributed by atoms with Crippen molar-refractivity contribution in [1.82, 2.24) is 15.6 Å². The lowest BCUT2D eigenvalue weighted by atomic mass is 10.2. The zero-order valence-electron chi connectivity index (χ0n) is 14.0. The Balaban J connectivity index is 1.63. The molecule has 0 radical (unpaired) electrons. The molecule has 0 aliphatic heterocycles. The Morgan fingerprint density at radius 1 is 1.35 bits per heavy atom. The number of nitrogens with one attached hydrogen (secondary N) is 2. The molecule has 1 aliphatic rings. The molecule has 0 bridgehead atoms. The molecule has 1 saturated carbocycles. The molecule has 23 heavy (non-hydrogen) atoms. The van der Waals surface area contributed by atoms with Gasteiger partial charge in [-0.2, -0.15) is 0 Å². The molecule has 2 rings (SSSR count). The second-order valence-electron chi connectivity index (χ2n) is 6.31. The van der Waals surface area contributed by atoms with E-state index in [0.717, 1.165) is 12.0 Å². The maximum Gasteiger partial charge on any atom is 0.223 e. The Bertz CT molecular complexity index is 543. The summed E-state index contributed by atoms with van der Waals surface area (Å²) in [5.74, 6) is 1.19. The van der Waals surface area contributed by atoms with Gasteiger partial charge >= 0.3 is 0 Å². The highest BCUT2D eigenvalue weighted by Gasteiger charge is 2.38. The van der Waals surface area contributed by atoms with E-state index < -0.39 is 0 Å². The monoisotopic (exact) mass is 319 g/mol. The molecule has 0 unspecified atom stereocenters. The lowest BCUT2D eigenvalue weighted by Gasteiger charge is -2.09. The van der Waals surface area contributed by atoms with Crippen LogP contribution in [0.15, 0.2) is 18.3 Å².